The first-order chi connectivity index (χ1) is 23.7. The number of aryl methyl sites for hydroxylation is 1. The van der Waals surface area contributed by atoms with Gasteiger partial charge in [-0.1, -0.05) is 47.2 Å². The third-order valence-electron chi connectivity index (χ3n) is 10.3. The van der Waals surface area contributed by atoms with E-state index in [2.05, 4.69) is 10.3 Å². The second kappa shape index (κ2) is 12.3. The van der Waals surface area contributed by atoms with Crippen molar-refractivity contribution in [1.29, 1.82) is 0 Å². The van der Waals surface area contributed by atoms with Crippen LogP contribution in [0.2, 0.25) is 0 Å². The van der Waals surface area contributed by atoms with E-state index in [0.29, 0.717) is 22.7 Å². The summed E-state index contributed by atoms with van der Waals surface area (Å²) in [5.74, 6) is -2.05. The van der Waals surface area contributed by atoms with Gasteiger partial charge in [-0.05, 0) is 80.5 Å². The van der Waals surface area contributed by atoms with Crippen molar-refractivity contribution in [2.24, 2.45) is 29.6 Å². The second-order valence-corrected chi connectivity index (χ2v) is 15.2. The molecular formula is C37H33N3O7S2. The normalized spacial score (nSPS) is 26.2. The van der Waals surface area contributed by atoms with Gasteiger partial charge in [0.2, 0.25) is 11.8 Å². The van der Waals surface area contributed by atoms with Crippen molar-refractivity contribution in [1.82, 2.24) is 4.98 Å². The lowest BCUT2D eigenvalue weighted by Gasteiger charge is -2.43. The molecule has 1 aromatic heterocycles. The molecule has 0 spiro atoms. The van der Waals surface area contributed by atoms with Crippen molar-refractivity contribution < 1.29 is 28.7 Å². The number of carbonyl (C=O) groups is 4. The predicted molar refractivity (Wildman–Crippen MR) is 185 cm³/mol. The van der Waals surface area contributed by atoms with Gasteiger partial charge >= 0.3 is 10.8 Å². The van der Waals surface area contributed by atoms with Crippen molar-refractivity contribution >= 4 is 58.2 Å². The zero-order chi connectivity index (χ0) is 34.0. The van der Waals surface area contributed by atoms with E-state index in [1.807, 2.05) is 55.5 Å². The summed E-state index contributed by atoms with van der Waals surface area (Å²) in [6.07, 6.45) is 0.739. The third-order valence-corrected chi connectivity index (χ3v) is 12.9. The van der Waals surface area contributed by atoms with Gasteiger partial charge in [0.1, 0.15) is 5.75 Å². The van der Waals surface area contributed by atoms with Crippen LogP contribution in [0, 0.1) is 36.5 Å². The summed E-state index contributed by atoms with van der Waals surface area (Å²) < 4.78 is 11.3. The fraction of sp³-hybridized carbons (Fsp3) is 0.324. The molecule has 2 saturated carbocycles. The van der Waals surface area contributed by atoms with Crippen LogP contribution >= 0.6 is 23.1 Å². The van der Waals surface area contributed by atoms with Crippen molar-refractivity contribution in [3.63, 3.8) is 0 Å². The van der Waals surface area contributed by atoms with Crippen LogP contribution in [0.1, 0.15) is 45.6 Å². The minimum Gasteiger partial charge on any atom is -0.483 e. The van der Waals surface area contributed by atoms with E-state index in [1.165, 1.54) is 16.2 Å². The second-order valence-electron chi connectivity index (χ2n) is 13.0. The molecule has 4 aliphatic rings. The Kier molecular flexibility index (Phi) is 7.95. The van der Waals surface area contributed by atoms with E-state index < -0.39 is 17.8 Å². The number of carbonyl (C=O) groups excluding carboxylic acids is 4. The van der Waals surface area contributed by atoms with E-state index in [1.54, 1.807) is 43.0 Å². The van der Waals surface area contributed by atoms with Gasteiger partial charge in [0.15, 0.2) is 6.61 Å². The van der Waals surface area contributed by atoms with E-state index in [9.17, 15) is 24.0 Å². The van der Waals surface area contributed by atoms with Crippen LogP contribution in [0.3, 0.4) is 0 Å². The summed E-state index contributed by atoms with van der Waals surface area (Å²) in [5.41, 5.74) is 3.41. The van der Waals surface area contributed by atoms with Crippen LogP contribution in [0.5, 0.6) is 5.75 Å². The van der Waals surface area contributed by atoms with E-state index >= 15 is 0 Å². The standard InChI is InChI=1S/C37H33N3O7S2/c1-3-46-36(44)19-10-14-21(15-11-19)40-34(42)29-23-16-24(30(29)35(40)43)31-28(23)27(32-33(48-31)39-37(45)49-32)22-6-4-5-7-25(22)47-17-26(41)38-20-12-8-18(2)9-13-20/h4-15,23-24,27-31H,3,16-17H2,1-2H3,(H,38,41)(H,39,45)/t23?,24?,27-,28?,29?,30?,31?/m1/s1. The summed E-state index contributed by atoms with van der Waals surface area (Å²) in [4.78, 5) is 71.1. The highest BCUT2D eigenvalue weighted by atomic mass is 32.2. The number of hydrogen-bond donors (Lipinski definition) is 2. The van der Waals surface area contributed by atoms with Crippen LogP contribution in [-0.4, -0.2) is 47.1 Å². The largest absolute Gasteiger partial charge is 0.483 e. The van der Waals surface area contributed by atoms with Crippen LogP contribution < -0.4 is 19.8 Å². The smallest absolute Gasteiger partial charge is 0.338 e. The number of rotatable bonds is 8. The zero-order valence-electron chi connectivity index (χ0n) is 26.7. The summed E-state index contributed by atoms with van der Waals surface area (Å²) in [6, 6.07) is 21.5. The number of fused-ring (bicyclic) bond motifs is 9. The van der Waals surface area contributed by atoms with Gasteiger partial charge in [0, 0.05) is 27.3 Å². The van der Waals surface area contributed by atoms with Gasteiger partial charge in [0.05, 0.1) is 34.7 Å². The van der Waals surface area contributed by atoms with E-state index in [4.69, 9.17) is 9.47 Å². The SMILES string of the molecule is CCOC(=O)c1ccc(N2C(=O)C3C4CC(C3C2=O)C2C4Sc3[nH]c(=O)sc3[C@@H]2c2ccccc2OCC(=O)Nc2ccc(C)cc2)cc1. The molecule has 3 heterocycles. The number of amides is 3. The molecule has 0 radical (unpaired) electrons. The lowest BCUT2D eigenvalue weighted by Crippen LogP contribution is -2.42. The first-order valence-corrected chi connectivity index (χ1v) is 18.1. The van der Waals surface area contributed by atoms with Gasteiger partial charge in [0.25, 0.3) is 5.91 Å². The number of nitrogens with zero attached hydrogens (tertiary/aromatic N) is 1. The van der Waals surface area contributed by atoms with Crippen molar-refractivity contribution in [2.75, 3.05) is 23.4 Å². The Morgan fingerprint density at radius 2 is 1.65 bits per heavy atom. The number of esters is 1. The number of anilines is 2. The van der Waals surface area contributed by atoms with Crippen molar-refractivity contribution in [3.8, 4) is 5.75 Å². The van der Waals surface area contributed by atoms with Gasteiger partial charge in [-0.3, -0.25) is 24.1 Å². The van der Waals surface area contributed by atoms with Gasteiger partial charge < -0.3 is 19.8 Å². The predicted octanol–water partition coefficient (Wildman–Crippen LogP) is 5.62. The highest BCUT2D eigenvalue weighted by Gasteiger charge is 2.69. The lowest BCUT2D eigenvalue weighted by atomic mass is 9.68. The fourth-order valence-electron chi connectivity index (χ4n) is 8.43. The Morgan fingerprint density at radius 1 is 0.939 bits per heavy atom. The number of imide groups is 1. The summed E-state index contributed by atoms with van der Waals surface area (Å²) in [5, 5.41) is 3.66. The number of para-hydroxylation sites is 1. The molecule has 1 saturated heterocycles. The average molecular weight is 696 g/mol. The summed E-state index contributed by atoms with van der Waals surface area (Å²) >= 11 is 2.78. The average Bonchev–Trinajstić information content (AvgIpc) is 3.84. The number of aromatic amines is 1. The number of hydrogen-bond acceptors (Lipinski definition) is 9. The molecule has 12 heteroatoms. The molecule has 4 aromatic rings. The molecule has 2 N–H and O–H groups in total. The number of ether oxygens (including phenoxy) is 2. The number of thioether (sulfide) groups is 1. The number of aromatic nitrogens is 1. The number of thiazole rings is 1. The van der Waals surface area contributed by atoms with Gasteiger partial charge in [-0.25, -0.2) is 4.79 Å². The number of H-pyrrole nitrogens is 1. The van der Waals surface area contributed by atoms with E-state index in [-0.39, 0.29) is 64.7 Å². The maximum absolute atomic E-state index is 14.2. The molecule has 7 atom stereocenters. The maximum atomic E-state index is 14.2. The molecule has 10 nitrogen and oxygen atoms in total. The van der Waals surface area contributed by atoms with Crippen LogP contribution in [0.25, 0.3) is 0 Å². The molecule has 250 valence electrons. The molecule has 3 amide bonds. The molecule has 3 fully saturated rings. The highest BCUT2D eigenvalue weighted by molar-refractivity contribution is 8.00. The van der Waals surface area contributed by atoms with Crippen molar-refractivity contribution in [3.05, 3.63) is 104 Å². The molecule has 8 rings (SSSR count). The van der Waals surface area contributed by atoms with Gasteiger partial charge in [-0.2, -0.15) is 0 Å². The van der Waals surface area contributed by atoms with Crippen LogP contribution in [0.15, 0.2) is 82.6 Å². The lowest BCUT2D eigenvalue weighted by molar-refractivity contribution is -0.123. The molecule has 2 aliphatic carbocycles. The third kappa shape index (κ3) is 5.28. The van der Waals surface area contributed by atoms with Crippen molar-refractivity contribution in [2.45, 2.75) is 36.5 Å². The Labute approximate surface area is 290 Å². The maximum Gasteiger partial charge on any atom is 0.338 e. The zero-order valence-corrected chi connectivity index (χ0v) is 28.3. The molecular weight excluding hydrogens is 663 g/mol. The summed E-state index contributed by atoms with van der Waals surface area (Å²) in [6.45, 7) is 3.75. The Bertz CT molecular complexity index is 2040. The monoisotopic (exact) mass is 695 g/mol. The molecule has 6 unspecified atom stereocenters. The summed E-state index contributed by atoms with van der Waals surface area (Å²) in [7, 11) is 0. The first-order valence-electron chi connectivity index (χ1n) is 16.4. The Balaban J connectivity index is 1.09. The number of nitrogens with one attached hydrogen (secondary N) is 2. The molecule has 49 heavy (non-hydrogen) atoms. The molecule has 2 bridgehead atoms. The first kappa shape index (κ1) is 31.6. The number of benzene rings is 3. The minimum atomic E-state index is -0.489. The van der Waals surface area contributed by atoms with Crippen LogP contribution in [-0.2, 0) is 19.1 Å². The Hall–Kier alpha value is -4.68. The topological polar surface area (TPSA) is 135 Å². The van der Waals surface area contributed by atoms with Crippen LogP contribution in [0.4, 0.5) is 11.4 Å². The van der Waals surface area contributed by atoms with E-state index in [0.717, 1.165) is 27.5 Å². The fourth-order valence-corrected chi connectivity index (χ4v) is 11.3. The molecule has 2 aliphatic heterocycles. The quantitative estimate of drug-likeness (QED) is 0.179. The van der Waals surface area contributed by atoms with Gasteiger partial charge in [-0.15, -0.1) is 11.8 Å². The highest BCUT2D eigenvalue weighted by Crippen LogP contribution is 2.69. The Morgan fingerprint density at radius 3 is 2.39 bits per heavy atom. The molecule has 3 aromatic carbocycles. The minimum absolute atomic E-state index is 0.00483.